The molecule has 1 rings (SSSR count). The molecular weight excluding hydrogens is 242 g/mol. The zero-order valence-corrected chi connectivity index (χ0v) is 12.1. The number of nitrogens with two attached hydrogens (primary N) is 1. The zero-order valence-electron chi connectivity index (χ0n) is 12.1. The number of benzene rings is 1. The smallest absolute Gasteiger partial charge is 0.124 e. The Morgan fingerprint density at radius 3 is 2.47 bits per heavy atom. The van der Waals surface area contributed by atoms with Crippen LogP contribution in [0.2, 0.25) is 0 Å². The lowest BCUT2D eigenvalue weighted by Crippen LogP contribution is -2.08. The molecule has 0 heterocycles. The largest absolute Gasteiger partial charge is 0.494 e. The minimum atomic E-state index is 0.0119. The summed E-state index contributed by atoms with van der Waals surface area (Å²) in [7, 11) is 0. The van der Waals surface area contributed by atoms with E-state index in [1.165, 1.54) is 0 Å². The molecule has 4 heteroatoms. The SMILES string of the molecule is CCOCCOCc1cc(C(C)N)ccc1OCC. The summed E-state index contributed by atoms with van der Waals surface area (Å²) in [5, 5.41) is 0. The van der Waals surface area contributed by atoms with Crippen molar-refractivity contribution in [2.24, 2.45) is 5.73 Å². The van der Waals surface area contributed by atoms with Gasteiger partial charge >= 0.3 is 0 Å². The molecule has 1 aromatic carbocycles. The van der Waals surface area contributed by atoms with Crippen molar-refractivity contribution < 1.29 is 14.2 Å². The summed E-state index contributed by atoms with van der Waals surface area (Å²) in [5.74, 6) is 0.864. The lowest BCUT2D eigenvalue weighted by atomic mass is 10.1. The highest BCUT2D eigenvalue weighted by Gasteiger charge is 2.07. The van der Waals surface area contributed by atoms with Crippen LogP contribution in [-0.4, -0.2) is 26.4 Å². The molecule has 0 saturated heterocycles. The fourth-order valence-electron chi connectivity index (χ4n) is 1.74. The molecule has 0 spiro atoms. The predicted octanol–water partition coefficient (Wildman–Crippen LogP) is 2.66. The molecule has 0 saturated carbocycles. The topological polar surface area (TPSA) is 53.7 Å². The van der Waals surface area contributed by atoms with Crippen LogP contribution in [0.1, 0.15) is 37.9 Å². The normalized spacial score (nSPS) is 12.4. The molecule has 1 unspecified atom stereocenters. The van der Waals surface area contributed by atoms with E-state index in [0.29, 0.717) is 33.0 Å². The van der Waals surface area contributed by atoms with Gasteiger partial charge in [0.2, 0.25) is 0 Å². The maximum atomic E-state index is 5.90. The van der Waals surface area contributed by atoms with E-state index in [1.807, 2.05) is 32.9 Å². The molecule has 1 atom stereocenters. The van der Waals surface area contributed by atoms with E-state index in [9.17, 15) is 0 Å². The van der Waals surface area contributed by atoms with Crippen LogP contribution in [0.25, 0.3) is 0 Å². The predicted molar refractivity (Wildman–Crippen MR) is 76.4 cm³/mol. The van der Waals surface area contributed by atoms with E-state index in [1.54, 1.807) is 0 Å². The molecule has 4 nitrogen and oxygen atoms in total. The van der Waals surface area contributed by atoms with Gasteiger partial charge in [-0.1, -0.05) is 6.07 Å². The summed E-state index contributed by atoms with van der Waals surface area (Å²) in [5.41, 5.74) is 8.02. The van der Waals surface area contributed by atoms with Gasteiger partial charge in [0.25, 0.3) is 0 Å². The molecule has 0 amide bonds. The lowest BCUT2D eigenvalue weighted by Gasteiger charge is -2.14. The van der Waals surface area contributed by atoms with Crippen molar-refractivity contribution in [1.82, 2.24) is 0 Å². The summed E-state index contributed by atoms with van der Waals surface area (Å²) in [6.07, 6.45) is 0. The van der Waals surface area contributed by atoms with Crippen LogP contribution in [0.5, 0.6) is 5.75 Å². The van der Waals surface area contributed by atoms with Crippen LogP contribution in [0.4, 0.5) is 0 Å². The average Bonchev–Trinajstić information content (AvgIpc) is 2.40. The zero-order chi connectivity index (χ0) is 14.1. The van der Waals surface area contributed by atoms with Crippen molar-refractivity contribution in [2.75, 3.05) is 26.4 Å². The van der Waals surface area contributed by atoms with E-state index < -0.39 is 0 Å². The lowest BCUT2D eigenvalue weighted by molar-refractivity contribution is 0.0444. The molecule has 2 N–H and O–H groups in total. The Labute approximate surface area is 115 Å². The van der Waals surface area contributed by atoms with E-state index in [4.69, 9.17) is 19.9 Å². The summed E-state index contributed by atoms with van der Waals surface area (Å²) in [6, 6.07) is 6.02. The molecule has 0 aliphatic carbocycles. The Morgan fingerprint density at radius 1 is 1.11 bits per heavy atom. The number of hydrogen-bond donors (Lipinski definition) is 1. The second-order valence-corrected chi connectivity index (χ2v) is 4.34. The first-order valence-electron chi connectivity index (χ1n) is 6.85. The van der Waals surface area contributed by atoms with Gasteiger partial charge in [-0.25, -0.2) is 0 Å². The van der Waals surface area contributed by atoms with Crippen LogP contribution in [0, 0.1) is 0 Å². The second-order valence-electron chi connectivity index (χ2n) is 4.34. The van der Waals surface area contributed by atoms with Gasteiger partial charge in [-0.15, -0.1) is 0 Å². The first-order chi connectivity index (χ1) is 9.19. The first-order valence-corrected chi connectivity index (χ1v) is 6.85. The maximum absolute atomic E-state index is 5.90. The third-order valence-corrected chi connectivity index (χ3v) is 2.74. The van der Waals surface area contributed by atoms with Gasteiger partial charge in [0.15, 0.2) is 0 Å². The summed E-state index contributed by atoms with van der Waals surface area (Å²) >= 11 is 0. The number of hydrogen-bond acceptors (Lipinski definition) is 4. The Bertz CT molecular complexity index is 366. The van der Waals surface area contributed by atoms with Crippen LogP contribution < -0.4 is 10.5 Å². The molecule has 19 heavy (non-hydrogen) atoms. The second kappa shape index (κ2) is 8.91. The van der Waals surface area contributed by atoms with Crippen LogP contribution in [-0.2, 0) is 16.1 Å². The Morgan fingerprint density at radius 2 is 1.84 bits per heavy atom. The average molecular weight is 267 g/mol. The fraction of sp³-hybridized carbons (Fsp3) is 0.600. The van der Waals surface area contributed by atoms with E-state index in [0.717, 1.165) is 16.9 Å². The van der Waals surface area contributed by atoms with Gasteiger partial charge in [0.1, 0.15) is 5.75 Å². The van der Waals surface area contributed by atoms with Crippen LogP contribution in [0.3, 0.4) is 0 Å². The van der Waals surface area contributed by atoms with Gasteiger partial charge in [-0.05, 0) is 38.5 Å². The standard InChI is InChI=1S/C15H25NO3/c1-4-17-8-9-18-11-14-10-13(12(3)16)6-7-15(14)19-5-2/h6-7,10,12H,4-5,8-9,11,16H2,1-3H3. The Hall–Kier alpha value is -1.10. The molecule has 0 aliphatic heterocycles. The summed E-state index contributed by atoms with van der Waals surface area (Å²) in [4.78, 5) is 0. The Kier molecular flexibility index (Phi) is 7.48. The molecule has 0 radical (unpaired) electrons. The van der Waals surface area contributed by atoms with E-state index >= 15 is 0 Å². The molecule has 0 fully saturated rings. The molecule has 1 aromatic rings. The molecular formula is C15H25NO3. The highest BCUT2D eigenvalue weighted by molar-refractivity contribution is 5.38. The van der Waals surface area contributed by atoms with Crippen molar-refractivity contribution in [3.63, 3.8) is 0 Å². The minimum Gasteiger partial charge on any atom is -0.494 e. The van der Waals surface area contributed by atoms with E-state index in [-0.39, 0.29) is 6.04 Å². The van der Waals surface area contributed by atoms with Gasteiger partial charge in [-0.3, -0.25) is 0 Å². The number of rotatable bonds is 9. The monoisotopic (exact) mass is 267 g/mol. The van der Waals surface area contributed by atoms with Crippen molar-refractivity contribution in [2.45, 2.75) is 33.4 Å². The summed E-state index contributed by atoms with van der Waals surface area (Å²) < 4.78 is 16.4. The summed E-state index contributed by atoms with van der Waals surface area (Å²) in [6.45, 7) is 8.99. The molecule has 0 aromatic heterocycles. The highest BCUT2D eigenvalue weighted by Crippen LogP contribution is 2.23. The van der Waals surface area contributed by atoms with Gasteiger partial charge in [0.05, 0.1) is 26.4 Å². The van der Waals surface area contributed by atoms with Crippen LogP contribution in [0.15, 0.2) is 18.2 Å². The highest BCUT2D eigenvalue weighted by atomic mass is 16.5. The van der Waals surface area contributed by atoms with Crippen LogP contribution >= 0.6 is 0 Å². The van der Waals surface area contributed by atoms with Gasteiger partial charge in [-0.2, -0.15) is 0 Å². The molecule has 0 aliphatic rings. The maximum Gasteiger partial charge on any atom is 0.124 e. The van der Waals surface area contributed by atoms with Gasteiger partial charge < -0.3 is 19.9 Å². The van der Waals surface area contributed by atoms with Crippen molar-refractivity contribution in [3.8, 4) is 5.75 Å². The molecule has 0 bridgehead atoms. The molecule has 108 valence electrons. The quantitative estimate of drug-likeness (QED) is 0.699. The number of ether oxygens (including phenoxy) is 3. The minimum absolute atomic E-state index is 0.0119. The van der Waals surface area contributed by atoms with E-state index in [2.05, 4.69) is 6.07 Å². The van der Waals surface area contributed by atoms with Gasteiger partial charge in [0, 0.05) is 18.2 Å². The third-order valence-electron chi connectivity index (χ3n) is 2.74. The third kappa shape index (κ3) is 5.59. The van der Waals surface area contributed by atoms with Crippen molar-refractivity contribution >= 4 is 0 Å². The van der Waals surface area contributed by atoms with Crippen molar-refractivity contribution in [3.05, 3.63) is 29.3 Å². The fourth-order valence-corrected chi connectivity index (χ4v) is 1.74. The van der Waals surface area contributed by atoms with Crippen molar-refractivity contribution in [1.29, 1.82) is 0 Å². The first kappa shape index (κ1) is 16.0. The Balaban J connectivity index is 2.63.